The molecule has 0 saturated carbocycles. The average Bonchev–Trinajstić information content (AvgIpc) is 2.82. The summed E-state index contributed by atoms with van der Waals surface area (Å²) in [6.07, 6.45) is 6.63. The second kappa shape index (κ2) is 7.58. The fourth-order valence-electron chi connectivity index (χ4n) is 2.58. The summed E-state index contributed by atoms with van der Waals surface area (Å²) in [6.45, 7) is 3.73. The van der Waals surface area contributed by atoms with Crippen LogP contribution < -0.4 is 0 Å². The maximum Gasteiger partial charge on any atom is 0.223 e. The number of ketones is 1. The van der Waals surface area contributed by atoms with Crippen LogP contribution in [0.25, 0.3) is 0 Å². The highest BCUT2D eigenvalue weighted by atomic mass is 32.1. The predicted octanol–water partition coefficient (Wildman–Crippen LogP) is 3.81. The Bertz CT molecular complexity index is 459. The van der Waals surface area contributed by atoms with Crippen molar-refractivity contribution < 1.29 is 9.59 Å². The highest BCUT2D eigenvalue weighted by Gasteiger charge is 2.17. The third kappa shape index (κ3) is 4.44. The number of aryl methyl sites for hydroxylation is 1. The van der Waals surface area contributed by atoms with Gasteiger partial charge in [-0.05, 0) is 31.9 Å². The molecule has 0 bridgehead atoms. The molecule has 1 saturated heterocycles. The van der Waals surface area contributed by atoms with Crippen molar-refractivity contribution in [3.05, 3.63) is 21.9 Å². The minimum absolute atomic E-state index is 0.100. The number of rotatable bonds is 4. The summed E-state index contributed by atoms with van der Waals surface area (Å²) in [5.74, 6) is 0.247. The van der Waals surface area contributed by atoms with E-state index in [9.17, 15) is 9.59 Å². The maximum absolute atomic E-state index is 12.2. The molecular formula is C16H23NO2S. The Morgan fingerprint density at radius 2 is 1.70 bits per heavy atom. The van der Waals surface area contributed by atoms with Crippen LogP contribution in [-0.4, -0.2) is 29.7 Å². The first kappa shape index (κ1) is 15.2. The molecule has 1 aromatic heterocycles. The molecule has 1 aliphatic rings. The molecule has 2 rings (SSSR count). The zero-order valence-corrected chi connectivity index (χ0v) is 13.0. The van der Waals surface area contributed by atoms with Gasteiger partial charge < -0.3 is 4.90 Å². The minimum atomic E-state index is 0.100. The van der Waals surface area contributed by atoms with Crippen molar-refractivity contribution >= 4 is 23.0 Å². The Balaban J connectivity index is 1.80. The monoisotopic (exact) mass is 293 g/mol. The van der Waals surface area contributed by atoms with Crippen molar-refractivity contribution in [2.75, 3.05) is 13.1 Å². The lowest BCUT2D eigenvalue weighted by Crippen LogP contribution is -2.33. The van der Waals surface area contributed by atoms with Gasteiger partial charge in [0.05, 0.1) is 4.88 Å². The second-order valence-electron chi connectivity index (χ2n) is 5.48. The maximum atomic E-state index is 12.2. The highest BCUT2D eigenvalue weighted by Crippen LogP contribution is 2.18. The normalized spacial score (nSPS) is 16.6. The molecule has 1 amide bonds. The van der Waals surface area contributed by atoms with Gasteiger partial charge in [-0.25, -0.2) is 0 Å². The highest BCUT2D eigenvalue weighted by molar-refractivity contribution is 7.14. The lowest BCUT2D eigenvalue weighted by atomic mass is 10.1. The van der Waals surface area contributed by atoms with Crippen molar-refractivity contribution in [3.63, 3.8) is 0 Å². The molecule has 4 heteroatoms. The lowest BCUT2D eigenvalue weighted by Gasteiger charge is -2.24. The van der Waals surface area contributed by atoms with Gasteiger partial charge in [-0.3, -0.25) is 9.59 Å². The van der Waals surface area contributed by atoms with E-state index < -0.39 is 0 Å². The Morgan fingerprint density at radius 1 is 1.05 bits per heavy atom. The standard InChI is InChI=1S/C16H23NO2S/c1-13-7-9-15(20-13)14(18)8-10-16(19)17-11-5-3-2-4-6-12-17/h7,9H,2-6,8,10-12H2,1H3. The van der Waals surface area contributed by atoms with Crippen LogP contribution in [0.2, 0.25) is 0 Å². The zero-order chi connectivity index (χ0) is 14.4. The van der Waals surface area contributed by atoms with Crippen LogP contribution in [0.15, 0.2) is 12.1 Å². The van der Waals surface area contributed by atoms with Gasteiger partial charge in [0.1, 0.15) is 0 Å². The van der Waals surface area contributed by atoms with Gasteiger partial charge in [0, 0.05) is 30.8 Å². The Kier molecular flexibility index (Phi) is 5.77. The van der Waals surface area contributed by atoms with Gasteiger partial charge in [0.2, 0.25) is 5.91 Å². The SMILES string of the molecule is Cc1ccc(C(=O)CCC(=O)N2CCCCCCC2)s1. The van der Waals surface area contributed by atoms with Gasteiger partial charge in [-0.15, -0.1) is 11.3 Å². The summed E-state index contributed by atoms with van der Waals surface area (Å²) in [5.41, 5.74) is 0. The molecule has 0 radical (unpaired) electrons. The third-order valence-electron chi connectivity index (χ3n) is 3.79. The molecule has 3 nitrogen and oxygen atoms in total. The molecular weight excluding hydrogens is 270 g/mol. The van der Waals surface area contributed by atoms with E-state index in [-0.39, 0.29) is 11.7 Å². The van der Waals surface area contributed by atoms with Crippen molar-refractivity contribution in [1.29, 1.82) is 0 Å². The van der Waals surface area contributed by atoms with E-state index in [1.54, 1.807) is 0 Å². The van der Waals surface area contributed by atoms with E-state index >= 15 is 0 Å². The summed E-state index contributed by atoms with van der Waals surface area (Å²) in [7, 11) is 0. The van der Waals surface area contributed by atoms with Crippen molar-refractivity contribution in [2.45, 2.75) is 51.9 Å². The van der Waals surface area contributed by atoms with Crippen LogP contribution in [0.5, 0.6) is 0 Å². The van der Waals surface area contributed by atoms with Crippen molar-refractivity contribution in [3.8, 4) is 0 Å². The number of carbonyl (C=O) groups is 2. The van der Waals surface area contributed by atoms with E-state index in [0.29, 0.717) is 12.8 Å². The number of nitrogens with zero attached hydrogens (tertiary/aromatic N) is 1. The summed E-state index contributed by atoms with van der Waals surface area (Å²) in [6, 6.07) is 3.82. The number of hydrogen-bond donors (Lipinski definition) is 0. The first-order valence-corrected chi connectivity index (χ1v) is 8.36. The number of amides is 1. The molecule has 0 aliphatic carbocycles. The smallest absolute Gasteiger partial charge is 0.223 e. The van der Waals surface area contributed by atoms with E-state index in [1.807, 2.05) is 24.0 Å². The molecule has 110 valence electrons. The summed E-state index contributed by atoms with van der Waals surface area (Å²) >= 11 is 1.51. The molecule has 0 unspecified atom stereocenters. The third-order valence-corrected chi connectivity index (χ3v) is 4.83. The Morgan fingerprint density at radius 3 is 2.30 bits per heavy atom. The molecule has 20 heavy (non-hydrogen) atoms. The number of thiophene rings is 1. The van der Waals surface area contributed by atoms with Crippen LogP contribution in [-0.2, 0) is 4.79 Å². The fourth-order valence-corrected chi connectivity index (χ4v) is 3.42. The first-order valence-electron chi connectivity index (χ1n) is 7.54. The molecule has 1 aromatic rings. The quantitative estimate of drug-likeness (QED) is 0.792. The van der Waals surface area contributed by atoms with E-state index in [2.05, 4.69) is 0 Å². The second-order valence-corrected chi connectivity index (χ2v) is 6.77. The van der Waals surface area contributed by atoms with Gasteiger partial charge in [-0.1, -0.05) is 19.3 Å². The Labute approximate surface area is 125 Å². The molecule has 1 aliphatic heterocycles. The molecule has 0 N–H and O–H groups in total. The van der Waals surface area contributed by atoms with Gasteiger partial charge in [-0.2, -0.15) is 0 Å². The first-order chi connectivity index (χ1) is 9.66. The fraction of sp³-hybridized carbons (Fsp3) is 0.625. The molecule has 0 atom stereocenters. The van der Waals surface area contributed by atoms with E-state index in [4.69, 9.17) is 0 Å². The van der Waals surface area contributed by atoms with Crippen LogP contribution in [0, 0.1) is 6.92 Å². The minimum Gasteiger partial charge on any atom is -0.343 e. The number of likely N-dealkylation sites (tertiary alicyclic amines) is 1. The van der Waals surface area contributed by atoms with Crippen LogP contribution in [0.4, 0.5) is 0 Å². The molecule has 0 aromatic carbocycles. The molecule has 1 fully saturated rings. The van der Waals surface area contributed by atoms with Gasteiger partial charge in [0.25, 0.3) is 0 Å². The van der Waals surface area contributed by atoms with Crippen molar-refractivity contribution in [2.24, 2.45) is 0 Å². The van der Waals surface area contributed by atoms with E-state index in [1.165, 1.54) is 30.6 Å². The molecule has 0 spiro atoms. The van der Waals surface area contributed by atoms with Gasteiger partial charge in [0.15, 0.2) is 5.78 Å². The lowest BCUT2D eigenvalue weighted by molar-refractivity contribution is -0.131. The topological polar surface area (TPSA) is 37.4 Å². The number of Topliss-reactive ketones (excluding diaryl/α,β-unsaturated/α-hetero) is 1. The molecule has 2 heterocycles. The predicted molar refractivity (Wildman–Crippen MR) is 82.3 cm³/mol. The zero-order valence-electron chi connectivity index (χ0n) is 12.2. The van der Waals surface area contributed by atoms with Crippen molar-refractivity contribution in [1.82, 2.24) is 4.90 Å². The Hall–Kier alpha value is -1.16. The summed E-state index contributed by atoms with van der Waals surface area (Å²) in [4.78, 5) is 28.1. The summed E-state index contributed by atoms with van der Waals surface area (Å²) < 4.78 is 0. The van der Waals surface area contributed by atoms with Crippen LogP contribution in [0.3, 0.4) is 0 Å². The number of carbonyl (C=O) groups excluding carboxylic acids is 2. The summed E-state index contributed by atoms with van der Waals surface area (Å²) in [5, 5.41) is 0. The van der Waals surface area contributed by atoms with E-state index in [0.717, 1.165) is 35.7 Å². The largest absolute Gasteiger partial charge is 0.343 e. The number of hydrogen-bond acceptors (Lipinski definition) is 3. The van der Waals surface area contributed by atoms with Crippen LogP contribution in [0.1, 0.15) is 59.5 Å². The van der Waals surface area contributed by atoms with Gasteiger partial charge >= 0.3 is 0 Å². The van der Waals surface area contributed by atoms with Crippen LogP contribution >= 0.6 is 11.3 Å². The average molecular weight is 293 g/mol.